The molecule has 0 saturated carbocycles. The summed E-state index contributed by atoms with van der Waals surface area (Å²) < 4.78 is 17.3. The van der Waals surface area contributed by atoms with Crippen molar-refractivity contribution in [2.75, 3.05) is 27.2 Å². The van der Waals surface area contributed by atoms with E-state index in [0.717, 1.165) is 29.4 Å². The van der Waals surface area contributed by atoms with Crippen LogP contribution in [0.1, 0.15) is 36.3 Å². The standard InChI is InChI=1S/C24H30N2O4/c1-17(2)30-23-14-19(29-16-18-9-6-5-7-10-18)13-21-20(23)15-22(25-21)24(27)28-12-8-11-26(3)4/h5-7,9-10,13-15,17,25H,8,11-12,16H2,1-4H3. The fraction of sp³-hybridized carbons (Fsp3) is 0.375. The molecule has 0 fully saturated rings. The normalized spacial score (nSPS) is 11.3. The Morgan fingerprint density at radius 3 is 2.57 bits per heavy atom. The number of carbonyl (C=O) groups excluding carboxylic acids is 1. The Bertz CT molecular complexity index is 964. The van der Waals surface area contributed by atoms with Crippen molar-refractivity contribution in [3.8, 4) is 11.5 Å². The number of H-pyrrole nitrogens is 1. The number of aromatic amines is 1. The summed E-state index contributed by atoms with van der Waals surface area (Å²) in [4.78, 5) is 17.7. The minimum Gasteiger partial charge on any atom is -0.490 e. The smallest absolute Gasteiger partial charge is 0.354 e. The molecule has 0 aliphatic rings. The van der Waals surface area contributed by atoms with E-state index >= 15 is 0 Å². The molecular weight excluding hydrogens is 380 g/mol. The molecular formula is C24H30N2O4. The molecule has 1 aromatic heterocycles. The lowest BCUT2D eigenvalue weighted by Gasteiger charge is -2.13. The Kier molecular flexibility index (Phi) is 7.36. The molecule has 0 unspecified atom stereocenters. The maximum absolute atomic E-state index is 12.4. The Morgan fingerprint density at radius 1 is 1.10 bits per heavy atom. The summed E-state index contributed by atoms with van der Waals surface area (Å²) in [7, 11) is 3.99. The first-order chi connectivity index (χ1) is 14.4. The number of hydrogen-bond donors (Lipinski definition) is 1. The van der Waals surface area contributed by atoms with Crippen LogP contribution in [-0.2, 0) is 11.3 Å². The molecule has 30 heavy (non-hydrogen) atoms. The fourth-order valence-electron chi connectivity index (χ4n) is 3.09. The van der Waals surface area contributed by atoms with E-state index < -0.39 is 0 Å². The first kappa shape index (κ1) is 21.7. The van der Waals surface area contributed by atoms with Crippen molar-refractivity contribution in [2.24, 2.45) is 0 Å². The van der Waals surface area contributed by atoms with Gasteiger partial charge in [0.2, 0.25) is 0 Å². The number of hydrogen-bond acceptors (Lipinski definition) is 5. The lowest BCUT2D eigenvalue weighted by Crippen LogP contribution is -2.16. The Labute approximate surface area is 177 Å². The van der Waals surface area contributed by atoms with Gasteiger partial charge in [-0.3, -0.25) is 0 Å². The van der Waals surface area contributed by atoms with Gasteiger partial charge in [-0.2, -0.15) is 0 Å². The van der Waals surface area contributed by atoms with Gasteiger partial charge in [-0.25, -0.2) is 4.79 Å². The van der Waals surface area contributed by atoms with Crippen molar-refractivity contribution >= 4 is 16.9 Å². The minimum atomic E-state index is -0.368. The van der Waals surface area contributed by atoms with Crippen molar-refractivity contribution in [1.29, 1.82) is 0 Å². The predicted molar refractivity (Wildman–Crippen MR) is 118 cm³/mol. The van der Waals surface area contributed by atoms with Gasteiger partial charge in [0.15, 0.2) is 0 Å². The monoisotopic (exact) mass is 410 g/mol. The number of nitrogens with zero attached hydrogens (tertiary/aromatic N) is 1. The molecule has 0 aliphatic carbocycles. The van der Waals surface area contributed by atoms with Gasteiger partial charge in [0.1, 0.15) is 23.8 Å². The van der Waals surface area contributed by atoms with Gasteiger partial charge in [-0.05, 0) is 46.0 Å². The third kappa shape index (κ3) is 6.00. The van der Waals surface area contributed by atoms with E-state index in [9.17, 15) is 4.79 Å². The predicted octanol–water partition coefficient (Wildman–Crippen LogP) is 4.64. The number of carbonyl (C=O) groups is 1. The minimum absolute atomic E-state index is 0.00564. The Balaban J connectivity index is 1.78. The lowest BCUT2D eigenvalue weighted by molar-refractivity contribution is 0.0487. The first-order valence-corrected chi connectivity index (χ1v) is 10.2. The molecule has 1 N–H and O–H groups in total. The molecule has 6 heteroatoms. The van der Waals surface area contributed by atoms with Crippen LogP contribution in [0.25, 0.3) is 10.9 Å². The second-order valence-corrected chi connectivity index (χ2v) is 7.80. The van der Waals surface area contributed by atoms with Crippen LogP contribution in [0.2, 0.25) is 0 Å². The molecule has 0 spiro atoms. The lowest BCUT2D eigenvalue weighted by atomic mass is 10.2. The van der Waals surface area contributed by atoms with Crippen LogP contribution >= 0.6 is 0 Å². The maximum atomic E-state index is 12.4. The second kappa shape index (κ2) is 10.2. The molecule has 0 radical (unpaired) electrons. The molecule has 0 bridgehead atoms. The molecule has 0 saturated heterocycles. The third-order valence-electron chi connectivity index (χ3n) is 4.49. The Morgan fingerprint density at radius 2 is 1.87 bits per heavy atom. The summed E-state index contributed by atoms with van der Waals surface area (Å²) in [5.74, 6) is 0.982. The van der Waals surface area contributed by atoms with Crippen LogP contribution in [0.15, 0.2) is 48.5 Å². The zero-order chi connectivity index (χ0) is 21.5. The van der Waals surface area contributed by atoms with E-state index in [0.29, 0.717) is 30.4 Å². The highest BCUT2D eigenvalue weighted by Crippen LogP contribution is 2.33. The number of aromatic nitrogens is 1. The fourth-order valence-corrected chi connectivity index (χ4v) is 3.09. The van der Waals surface area contributed by atoms with Crippen LogP contribution in [0, 0.1) is 0 Å². The number of ether oxygens (including phenoxy) is 3. The molecule has 2 aromatic carbocycles. The van der Waals surface area contributed by atoms with Gasteiger partial charge in [0.25, 0.3) is 0 Å². The van der Waals surface area contributed by atoms with E-state index in [2.05, 4.69) is 9.88 Å². The molecule has 1 heterocycles. The summed E-state index contributed by atoms with van der Waals surface area (Å²) in [5.41, 5.74) is 2.26. The van der Waals surface area contributed by atoms with E-state index in [4.69, 9.17) is 14.2 Å². The van der Waals surface area contributed by atoms with Crippen LogP contribution < -0.4 is 9.47 Å². The van der Waals surface area contributed by atoms with Gasteiger partial charge in [-0.1, -0.05) is 30.3 Å². The summed E-state index contributed by atoms with van der Waals surface area (Å²) in [6, 6.07) is 15.5. The number of fused-ring (bicyclic) bond motifs is 1. The Hall–Kier alpha value is -2.99. The van der Waals surface area contributed by atoms with Crippen LogP contribution in [-0.4, -0.2) is 49.2 Å². The highest BCUT2D eigenvalue weighted by Gasteiger charge is 2.16. The van der Waals surface area contributed by atoms with Gasteiger partial charge >= 0.3 is 5.97 Å². The first-order valence-electron chi connectivity index (χ1n) is 10.2. The third-order valence-corrected chi connectivity index (χ3v) is 4.49. The van der Waals surface area contributed by atoms with Crippen molar-refractivity contribution < 1.29 is 19.0 Å². The van der Waals surface area contributed by atoms with E-state index in [-0.39, 0.29) is 12.1 Å². The average molecular weight is 411 g/mol. The number of rotatable bonds is 10. The molecule has 0 amide bonds. The largest absolute Gasteiger partial charge is 0.490 e. The highest BCUT2D eigenvalue weighted by molar-refractivity contribution is 5.97. The zero-order valence-corrected chi connectivity index (χ0v) is 18.1. The summed E-state index contributed by atoms with van der Waals surface area (Å²) in [6.45, 7) is 5.64. The molecule has 0 atom stereocenters. The van der Waals surface area contributed by atoms with Crippen molar-refractivity contribution in [2.45, 2.75) is 33.0 Å². The molecule has 0 aliphatic heterocycles. The summed E-state index contributed by atoms with van der Waals surface area (Å²) in [5, 5.41) is 0.830. The van der Waals surface area contributed by atoms with E-state index in [1.807, 2.05) is 70.4 Å². The number of esters is 1. The van der Waals surface area contributed by atoms with E-state index in [1.54, 1.807) is 6.07 Å². The van der Waals surface area contributed by atoms with Gasteiger partial charge in [0.05, 0.1) is 18.2 Å². The number of benzene rings is 2. The second-order valence-electron chi connectivity index (χ2n) is 7.80. The van der Waals surface area contributed by atoms with E-state index in [1.165, 1.54) is 0 Å². The molecule has 6 nitrogen and oxygen atoms in total. The quantitative estimate of drug-likeness (QED) is 0.390. The summed E-state index contributed by atoms with van der Waals surface area (Å²) in [6.07, 6.45) is 0.784. The topological polar surface area (TPSA) is 63.8 Å². The van der Waals surface area contributed by atoms with Crippen molar-refractivity contribution in [3.05, 3.63) is 59.8 Å². The SMILES string of the molecule is CC(C)Oc1cc(OCc2ccccc2)cc2[nH]c(C(=O)OCCCN(C)C)cc12. The number of nitrogens with one attached hydrogen (secondary N) is 1. The molecule has 3 aromatic rings. The van der Waals surface area contributed by atoms with Crippen molar-refractivity contribution in [1.82, 2.24) is 9.88 Å². The van der Waals surface area contributed by atoms with Crippen molar-refractivity contribution in [3.63, 3.8) is 0 Å². The average Bonchev–Trinajstić information content (AvgIpc) is 3.14. The van der Waals surface area contributed by atoms with Crippen LogP contribution in [0.4, 0.5) is 0 Å². The van der Waals surface area contributed by atoms with Crippen LogP contribution in [0.3, 0.4) is 0 Å². The summed E-state index contributed by atoms with van der Waals surface area (Å²) >= 11 is 0. The zero-order valence-electron chi connectivity index (χ0n) is 18.1. The van der Waals surface area contributed by atoms with Gasteiger partial charge < -0.3 is 24.1 Å². The highest BCUT2D eigenvalue weighted by atomic mass is 16.5. The van der Waals surface area contributed by atoms with Gasteiger partial charge in [0, 0.05) is 24.1 Å². The maximum Gasteiger partial charge on any atom is 0.354 e. The molecule has 3 rings (SSSR count). The van der Waals surface area contributed by atoms with Gasteiger partial charge in [-0.15, -0.1) is 0 Å². The van der Waals surface area contributed by atoms with Crippen LogP contribution in [0.5, 0.6) is 11.5 Å². The molecule has 160 valence electrons.